The molecule has 0 atom stereocenters. The third kappa shape index (κ3) is 17.6. The Kier molecular flexibility index (Phi) is 20.7. The maximum absolute atomic E-state index is 11.3. The molecule has 346 valence electrons. The summed E-state index contributed by atoms with van der Waals surface area (Å²) in [6, 6.07) is 26.4. The first-order valence-electron chi connectivity index (χ1n) is 19.9. The first-order chi connectivity index (χ1) is 29.9. The summed E-state index contributed by atoms with van der Waals surface area (Å²) in [6.07, 6.45) is 1.17. The SMILES string of the molecule is CCN(CC)c1ccc2c(C)cc(=O)oc2c1.CCN(CC)c1ccc2c(C)cc(=O)oc2c1.NC(N)=[NH2+].NC(N)=[NH2+].O=S(=O)([O-])c1ccc(CCc2ccc(S(=O)(=O)[O-])cc2)cc1. The highest BCUT2D eigenvalue weighted by Crippen LogP contribution is 2.24. The number of hydrogen-bond donors (Lipinski definition) is 6. The molecule has 0 fully saturated rings. The second kappa shape index (κ2) is 24.8. The molecule has 0 saturated heterocycles. The molecule has 0 saturated carbocycles. The summed E-state index contributed by atoms with van der Waals surface area (Å²) in [7, 11) is -8.88. The van der Waals surface area contributed by atoms with Crippen LogP contribution >= 0.6 is 0 Å². The second-order valence-electron chi connectivity index (χ2n) is 13.9. The molecule has 2 heterocycles. The van der Waals surface area contributed by atoms with Crippen LogP contribution in [0, 0.1) is 13.8 Å². The van der Waals surface area contributed by atoms with Gasteiger partial charge in [0.05, 0.1) is 9.79 Å². The number of anilines is 2. The van der Waals surface area contributed by atoms with Gasteiger partial charge in [0.25, 0.3) is 0 Å². The van der Waals surface area contributed by atoms with Gasteiger partial charge in [-0.1, -0.05) is 24.3 Å². The lowest BCUT2D eigenvalue weighted by molar-refractivity contribution is -0.117. The lowest BCUT2D eigenvalue weighted by Gasteiger charge is -2.21. The van der Waals surface area contributed by atoms with Crippen molar-refractivity contribution in [3.63, 3.8) is 0 Å². The van der Waals surface area contributed by atoms with E-state index in [1.807, 2.05) is 38.1 Å². The van der Waals surface area contributed by atoms with Crippen molar-refractivity contribution in [3.8, 4) is 0 Å². The van der Waals surface area contributed by atoms with Gasteiger partial charge in [0.15, 0.2) is 0 Å². The Labute approximate surface area is 373 Å². The van der Waals surface area contributed by atoms with E-state index in [9.17, 15) is 35.5 Å². The highest BCUT2D eigenvalue weighted by Gasteiger charge is 2.09. The molecule has 0 aliphatic heterocycles. The Bertz CT molecular complexity index is 2620. The number of guanidine groups is 2. The van der Waals surface area contributed by atoms with Crippen molar-refractivity contribution in [2.45, 2.75) is 64.2 Å². The Hall–Kier alpha value is -6.74. The minimum Gasteiger partial charge on any atom is -0.744 e. The van der Waals surface area contributed by atoms with E-state index in [0.29, 0.717) is 24.0 Å². The van der Waals surface area contributed by atoms with Crippen LogP contribution in [0.15, 0.2) is 125 Å². The molecular formula is C44H58N8O10S2. The molecule has 0 radical (unpaired) electrons. The summed E-state index contributed by atoms with van der Waals surface area (Å²) in [4.78, 5) is 26.6. The fourth-order valence-corrected chi connectivity index (χ4v) is 7.07. The van der Waals surface area contributed by atoms with E-state index in [0.717, 1.165) is 70.6 Å². The zero-order valence-corrected chi connectivity index (χ0v) is 38.4. The van der Waals surface area contributed by atoms with Gasteiger partial charge in [-0.25, -0.2) is 26.4 Å². The summed E-state index contributed by atoms with van der Waals surface area (Å²) in [5, 5.41) is 11.2. The van der Waals surface area contributed by atoms with Gasteiger partial charge in [0, 0.05) is 72.6 Å². The molecule has 0 aliphatic rings. The van der Waals surface area contributed by atoms with Crippen LogP contribution in [0.4, 0.5) is 11.4 Å². The predicted octanol–water partition coefficient (Wildman–Crippen LogP) is 1.21. The van der Waals surface area contributed by atoms with Gasteiger partial charge < -0.3 is 27.7 Å². The van der Waals surface area contributed by atoms with Crippen molar-refractivity contribution in [2.75, 3.05) is 36.0 Å². The molecule has 18 nitrogen and oxygen atoms in total. The molecule has 0 aliphatic carbocycles. The van der Waals surface area contributed by atoms with Crippen molar-refractivity contribution in [1.29, 1.82) is 0 Å². The summed E-state index contributed by atoms with van der Waals surface area (Å²) in [5.74, 6) is -0.167. The van der Waals surface area contributed by atoms with E-state index in [2.05, 4.69) is 83.4 Å². The molecule has 6 aromatic rings. The Balaban J connectivity index is 0.000000306. The van der Waals surface area contributed by atoms with Crippen LogP contribution in [-0.4, -0.2) is 64.0 Å². The van der Waals surface area contributed by atoms with Gasteiger partial charge in [-0.3, -0.25) is 33.8 Å². The number of benzene rings is 4. The third-order valence-corrected chi connectivity index (χ3v) is 11.0. The van der Waals surface area contributed by atoms with Crippen LogP contribution in [-0.2, 0) is 33.1 Å². The van der Waals surface area contributed by atoms with Crippen molar-refractivity contribution in [3.05, 3.63) is 140 Å². The Morgan fingerprint density at radius 3 is 1.06 bits per heavy atom. The third-order valence-electron chi connectivity index (χ3n) is 9.25. The molecule has 64 heavy (non-hydrogen) atoms. The van der Waals surface area contributed by atoms with E-state index >= 15 is 0 Å². The van der Waals surface area contributed by atoms with Crippen LogP contribution < -0.4 is 54.8 Å². The molecule has 2 aromatic heterocycles. The highest BCUT2D eigenvalue weighted by molar-refractivity contribution is 7.86. The summed E-state index contributed by atoms with van der Waals surface area (Å²) < 4.78 is 75.3. The minimum atomic E-state index is -4.44. The van der Waals surface area contributed by atoms with E-state index in [1.54, 1.807) is 24.3 Å². The van der Waals surface area contributed by atoms with E-state index in [4.69, 9.17) is 8.83 Å². The first-order valence-corrected chi connectivity index (χ1v) is 22.7. The van der Waals surface area contributed by atoms with Gasteiger partial charge in [0.2, 0.25) is 0 Å². The molecule has 0 spiro atoms. The van der Waals surface area contributed by atoms with Crippen molar-refractivity contribution >= 4 is 65.5 Å². The molecule has 12 N–H and O–H groups in total. The average Bonchev–Trinajstić information content (AvgIpc) is 3.20. The van der Waals surface area contributed by atoms with Crippen LogP contribution in [0.2, 0.25) is 0 Å². The number of rotatable bonds is 11. The lowest BCUT2D eigenvalue weighted by atomic mass is 10.0. The van der Waals surface area contributed by atoms with Crippen molar-refractivity contribution in [1.82, 2.24) is 0 Å². The predicted molar refractivity (Wildman–Crippen MR) is 248 cm³/mol. The van der Waals surface area contributed by atoms with Crippen LogP contribution in [0.5, 0.6) is 0 Å². The highest BCUT2D eigenvalue weighted by atomic mass is 32.2. The molecular weight excluding hydrogens is 865 g/mol. The molecule has 4 aromatic carbocycles. The van der Waals surface area contributed by atoms with Gasteiger partial charge in [-0.2, -0.15) is 0 Å². The molecule has 6 rings (SSSR count). The zero-order chi connectivity index (χ0) is 48.4. The van der Waals surface area contributed by atoms with E-state index in [1.165, 1.54) is 36.4 Å². The Morgan fingerprint density at radius 1 is 0.531 bits per heavy atom. The fourth-order valence-electron chi connectivity index (χ4n) is 6.13. The Morgan fingerprint density at radius 2 is 0.812 bits per heavy atom. The molecule has 20 heteroatoms. The maximum atomic E-state index is 11.3. The normalized spacial score (nSPS) is 10.7. The first kappa shape index (κ1) is 53.4. The monoisotopic (exact) mass is 922 g/mol. The van der Waals surface area contributed by atoms with Crippen LogP contribution in [0.3, 0.4) is 0 Å². The quantitative estimate of drug-likeness (QED) is 0.0460. The average molecular weight is 923 g/mol. The van der Waals surface area contributed by atoms with Crippen LogP contribution in [0.1, 0.15) is 49.9 Å². The van der Waals surface area contributed by atoms with Crippen LogP contribution in [0.25, 0.3) is 21.9 Å². The maximum Gasteiger partial charge on any atom is 0.336 e. The summed E-state index contributed by atoms with van der Waals surface area (Å²) in [5.41, 5.74) is 24.9. The summed E-state index contributed by atoms with van der Waals surface area (Å²) >= 11 is 0. The van der Waals surface area contributed by atoms with Gasteiger partial charge in [-0.15, -0.1) is 0 Å². The molecule has 0 unspecified atom stereocenters. The fraction of sp³-hybridized carbons (Fsp3) is 0.273. The van der Waals surface area contributed by atoms with Crippen molar-refractivity contribution in [2.24, 2.45) is 22.9 Å². The van der Waals surface area contributed by atoms with Gasteiger partial charge in [0.1, 0.15) is 31.4 Å². The van der Waals surface area contributed by atoms with Gasteiger partial charge >= 0.3 is 23.2 Å². The lowest BCUT2D eigenvalue weighted by Crippen LogP contribution is -2.51. The smallest absolute Gasteiger partial charge is 0.336 e. The molecule has 0 bridgehead atoms. The van der Waals surface area contributed by atoms with Gasteiger partial charge in [-0.05, 0) is 125 Å². The topological polar surface area (TPSA) is 337 Å². The zero-order valence-electron chi connectivity index (χ0n) is 36.7. The minimum absolute atomic E-state index is 0.0833. The largest absolute Gasteiger partial charge is 0.744 e. The standard InChI is InChI=1S/2C14H17NO2.C14H14O6S2.2CH5N3/c2*1-4-15(5-2)11-6-7-12-10(3)8-14(16)17-13(12)9-11;15-21(16,17)13-7-3-11(4-8-13)1-2-12-5-9-14(10-6-12)22(18,19)20;2*2-1(3)4/h2*6-9H,4-5H2,1-3H3;3-10H,1-2H2,(H,15,16,17)(H,18,19,20);2*(H5,2,3,4). The number of hydrogen-bond acceptors (Lipinski definition) is 12. The summed E-state index contributed by atoms with van der Waals surface area (Å²) in [6.45, 7) is 16.1. The number of fused-ring (bicyclic) bond motifs is 2. The van der Waals surface area contributed by atoms with E-state index < -0.39 is 20.2 Å². The molecule has 0 amide bonds. The van der Waals surface area contributed by atoms with Crippen molar-refractivity contribution < 1.29 is 45.6 Å². The number of aryl methyl sites for hydroxylation is 4. The number of nitrogens with two attached hydrogens (primary N) is 6. The number of nitrogens with zero attached hydrogens (tertiary/aromatic N) is 2. The van der Waals surface area contributed by atoms with E-state index in [-0.39, 0.29) is 33.0 Å². The second-order valence-corrected chi connectivity index (χ2v) is 16.7.